The lowest BCUT2D eigenvalue weighted by atomic mass is 10.1. The van der Waals surface area contributed by atoms with Gasteiger partial charge in [0.25, 0.3) is 0 Å². The molecule has 0 bridgehead atoms. The van der Waals surface area contributed by atoms with Crippen LogP contribution in [0.15, 0.2) is 0 Å². The van der Waals surface area contributed by atoms with Crippen LogP contribution < -0.4 is 5.73 Å². The van der Waals surface area contributed by atoms with E-state index in [4.69, 9.17) is 10.8 Å². The minimum Gasteiger partial charge on any atom is -0.391 e. The van der Waals surface area contributed by atoms with Gasteiger partial charge in [0.2, 0.25) is 0 Å². The van der Waals surface area contributed by atoms with Crippen LogP contribution in [0.1, 0.15) is 12.8 Å². The van der Waals surface area contributed by atoms with Gasteiger partial charge in [0, 0.05) is 13.1 Å². The first-order chi connectivity index (χ1) is 5.61. The molecular weight excluding hydrogens is 160 g/mol. The summed E-state index contributed by atoms with van der Waals surface area (Å²) in [6.07, 6.45) is 0.893. The number of hydrogen-bond donors (Lipinski definition) is 2. The summed E-state index contributed by atoms with van der Waals surface area (Å²) >= 11 is 0. The molecule has 0 aromatic rings. The van der Waals surface area contributed by atoms with Gasteiger partial charge in [0.15, 0.2) is 0 Å². The number of nitrogens with zero attached hydrogens (tertiary/aromatic N) is 1. The Kier molecular flexibility index (Phi) is 2.65. The second-order valence-corrected chi connectivity index (χ2v) is 2.91. The number of rotatable bonds is 0. The topological polar surface area (TPSA) is 83.6 Å². The van der Waals surface area contributed by atoms with Crippen LogP contribution in [0.4, 0.5) is 0 Å². The van der Waals surface area contributed by atoms with Crippen LogP contribution in [0.2, 0.25) is 0 Å². The first-order valence-electron chi connectivity index (χ1n) is 3.88. The molecule has 5 heteroatoms. The molecule has 1 heterocycles. The fourth-order valence-corrected chi connectivity index (χ4v) is 1.30. The van der Waals surface area contributed by atoms with Crippen LogP contribution in [0.3, 0.4) is 0 Å². The molecule has 3 N–H and O–H groups in total. The molecule has 0 aliphatic carbocycles. The Hall–Kier alpha value is -1.10. The molecule has 0 aromatic carbocycles. The SMILES string of the molecule is NC(=O)C(=O)N1CCC[C@@H](O)C1. The Morgan fingerprint density at radius 3 is 2.67 bits per heavy atom. The summed E-state index contributed by atoms with van der Waals surface area (Å²) in [5, 5.41) is 9.16. The number of likely N-dealkylation sites (tertiary alicyclic amines) is 1. The predicted octanol–water partition coefficient (Wildman–Crippen LogP) is -1.54. The van der Waals surface area contributed by atoms with Crippen molar-refractivity contribution in [3.63, 3.8) is 0 Å². The molecule has 1 fully saturated rings. The minimum atomic E-state index is -0.955. The highest BCUT2D eigenvalue weighted by molar-refractivity contribution is 6.34. The van der Waals surface area contributed by atoms with Crippen molar-refractivity contribution in [2.75, 3.05) is 13.1 Å². The largest absolute Gasteiger partial charge is 0.391 e. The maximum absolute atomic E-state index is 11.0. The highest BCUT2D eigenvalue weighted by Crippen LogP contribution is 2.09. The molecule has 0 aromatic heterocycles. The van der Waals surface area contributed by atoms with Gasteiger partial charge in [-0.3, -0.25) is 9.59 Å². The lowest BCUT2D eigenvalue weighted by Crippen LogP contribution is -2.47. The number of carbonyl (C=O) groups excluding carboxylic acids is 2. The van der Waals surface area contributed by atoms with E-state index < -0.39 is 17.9 Å². The molecule has 1 rings (SSSR count). The lowest BCUT2D eigenvalue weighted by molar-refractivity contribution is -0.146. The second-order valence-electron chi connectivity index (χ2n) is 2.91. The summed E-state index contributed by atoms with van der Waals surface area (Å²) in [5.74, 6) is -1.65. The molecule has 1 saturated heterocycles. The molecule has 1 aliphatic heterocycles. The van der Waals surface area contributed by atoms with E-state index in [1.807, 2.05) is 0 Å². The molecule has 2 amide bonds. The molecular formula is C7H12N2O3. The van der Waals surface area contributed by atoms with E-state index in [2.05, 4.69) is 0 Å². The summed E-state index contributed by atoms with van der Waals surface area (Å²) < 4.78 is 0. The molecule has 1 atom stereocenters. The molecule has 0 spiro atoms. The summed E-state index contributed by atoms with van der Waals surface area (Å²) in [4.78, 5) is 22.7. The first kappa shape index (κ1) is 8.99. The van der Waals surface area contributed by atoms with E-state index in [-0.39, 0.29) is 6.54 Å². The molecule has 0 unspecified atom stereocenters. The standard InChI is InChI=1S/C7H12N2O3/c8-6(11)7(12)9-3-1-2-5(10)4-9/h5,10H,1-4H2,(H2,8,11)/t5-/m1/s1. The van der Waals surface area contributed by atoms with Gasteiger partial charge in [-0.2, -0.15) is 0 Å². The van der Waals surface area contributed by atoms with Crippen molar-refractivity contribution < 1.29 is 14.7 Å². The molecule has 5 nitrogen and oxygen atoms in total. The number of aliphatic hydroxyl groups excluding tert-OH is 1. The number of aliphatic hydroxyl groups is 1. The number of piperidine rings is 1. The maximum Gasteiger partial charge on any atom is 0.311 e. The zero-order valence-electron chi connectivity index (χ0n) is 6.69. The van der Waals surface area contributed by atoms with Gasteiger partial charge in [-0.05, 0) is 12.8 Å². The van der Waals surface area contributed by atoms with Crippen molar-refractivity contribution in [3.8, 4) is 0 Å². The van der Waals surface area contributed by atoms with Crippen LogP contribution in [0.5, 0.6) is 0 Å². The number of carbonyl (C=O) groups is 2. The normalized spacial score (nSPS) is 23.8. The predicted molar refractivity (Wildman–Crippen MR) is 41.0 cm³/mol. The molecule has 1 aliphatic rings. The fraction of sp³-hybridized carbons (Fsp3) is 0.714. The Morgan fingerprint density at radius 2 is 2.17 bits per heavy atom. The number of β-amino-alcohol motifs (C(OH)–C–C–N with tert-alkyl or cyclic N) is 1. The lowest BCUT2D eigenvalue weighted by Gasteiger charge is -2.28. The van der Waals surface area contributed by atoms with Gasteiger partial charge in [-0.25, -0.2) is 0 Å². The van der Waals surface area contributed by atoms with Crippen molar-refractivity contribution in [2.24, 2.45) is 5.73 Å². The number of nitrogens with two attached hydrogens (primary N) is 1. The van der Waals surface area contributed by atoms with Crippen molar-refractivity contribution >= 4 is 11.8 Å². The van der Waals surface area contributed by atoms with E-state index in [9.17, 15) is 9.59 Å². The summed E-state index contributed by atoms with van der Waals surface area (Å²) in [6, 6.07) is 0. The molecule has 68 valence electrons. The van der Waals surface area contributed by atoms with Gasteiger partial charge in [-0.1, -0.05) is 0 Å². The van der Waals surface area contributed by atoms with Gasteiger partial charge in [0.05, 0.1) is 6.10 Å². The molecule has 12 heavy (non-hydrogen) atoms. The zero-order valence-corrected chi connectivity index (χ0v) is 6.69. The number of primary amides is 1. The van der Waals surface area contributed by atoms with Crippen LogP contribution in [0, 0.1) is 0 Å². The van der Waals surface area contributed by atoms with Crippen molar-refractivity contribution in [1.29, 1.82) is 0 Å². The van der Waals surface area contributed by atoms with Gasteiger partial charge in [0.1, 0.15) is 0 Å². The Morgan fingerprint density at radius 1 is 1.50 bits per heavy atom. The molecule has 0 radical (unpaired) electrons. The average Bonchev–Trinajstić information content (AvgIpc) is 2.03. The van der Waals surface area contributed by atoms with Crippen molar-refractivity contribution in [2.45, 2.75) is 18.9 Å². The number of amides is 2. The van der Waals surface area contributed by atoms with E-state index >= 15 is 0 Å². The maximum atomic E-state index is 11.0. The average molecular weight is 172 g/mol. The third kappa shape index (κ3) is 1.94. The van der Waals surface area contributed by atoms with Crippen LogP contribution >= 0.6 is 0 Å². The Labute approximate surface area is 70.1 Å². The van der Waals surface area contributed by atoms with Crippen molar-refractivity contribution in [1.82, 2.24) is 4.90 Å². The first-order valence-corrected chi connectivity index (χ1v) is 3.88. The van der Waals surface area contributed by atoms with Crippen LogP contribution in [0.25, 0.3) is 0 Å². The van der Waals surface area contributed by atoms with Gasteiger partial charge in [-0.15, -0.1) is 0 Å². The second kappa shape index (κ2) is 3.53. The quantitative estimate of drug-likeness (QED) is 0.434. The highest BCUT2D eigenvalue weighted by atomic mass is 16.3. The third-order valence-corrected chi connectivity index (χ3v) is 1.89. The van der Waals surface area contributed by atoms with Gasteiger partial charge < -0.3 is 15.7 Å². The number of hydrogen-bond acceptors (Lipinski definition) is 3. The third-order valence-electron chi connectivity index (χ3n) is 1.89. The highest BCUT2D eigenvalue weighted by Gasteiger charge is 2.24. The van der Waals surface area contributed by atoms with Crippen molar-refractivity contribution in [3.05, 3.63) is 0 Å². The Bertz CT molecular complexity index is 205. The van der Waals surface area contributed by atoms with Crippen LogP contribution in [-0.4, -0.2) is 41.0 Å². The zero-order chi connectivity index (χ0) is 9.14. The summed E-state index contributed by atoms with van der Waals surface area (Å²) in [5.41, 5.74) is 4.80. The van der Waals surface area contributed by atoms with E-state index in [1.165, 1.54) is 4.90 Å². The molecule has 0 saturated carbocycles. The van der Waals surface area contributed by atoms with E-state index in [0.29, 0.717) is 13.0 Å². The Balaban J connectivity index is 2.51. The van der Waals surface area contributed by atoms with E-state index in [1.54, 1.807) is 0 Å². The minimum absolute atomic E-state index is 0.224. The summed E-state index contributed by atoms with van der Waals surface area (Å²) in [7, 11) is 0. The smallest absolute Gasteiger partial charge is 0.311 e. The van der Waals surface area contributed by atoms with E-state index in [0.717, 1.165) is 6.42 Å². The fourth-order valence-electron chi connectivity index (χ4n) is 1.30. The monoisotopic (exact) mass is 172 g/mol. The van der Waals surface area contributed by atoms with Crippen LogP contribution in [-0.2, 0) is 9.59 Å². The van der Waals surface area contributed by atoms with Gasteiger partial charge >= 0.3 is 11.8 Å². The summed E-state index contributed by atoms with van der Waals surface area (Å²) in [6.45, 7) is 0.737.